The normalized spacial score (nSPS) is 11.7. The van der Waals surface area contributed by atoms with Crippen molar-refractivity contribution in [1.29, 1.82) is 0 Å². The second-order valence-corrected chi connectivity index (χ2v) is 10.3. The number of hydrogen-bond donors (Lipinski definition) is 1. The molecule has 0 bridgehead atoms. The van der Waals surface area contributed by atoms with E-state index < -0.39 is 7.26 Å². The molecule has 1 aromatic carbocycles. The Morgan fingerprint density at radius 1 is 0.789 bits per heavy atom. The Morgan fingerprint density at radius 3 is 1.89 bits per heavy atom. The molecule has 2 N–H and O–H groups in total. The summed E-state index contributed by atoms with van der Waals surface area (Å²) in [6.45, 7) is 5.81. The van der Waals surface area contributed by atoms with E-state index in [1.807, 2.05) is 0 Å². The minimum Gasteiger partial charge on any atom is -0.330 e. The molecule has 19 heavy (non-hydrogen) atoms. The van der Waals surface area contributed by atoms with Crippen LogP contribution in [-0.2, 0) is 0 Å². The second-order valence-electron chi connectivity index (χ2n) is 6.01. The van der Waals surface area contributed by atoms with Gasteiger partial charge in [-0.25, -0.2) is 0 Å². The van der Waals surface area contributed by atoms with Crippen LogP contribution in [0, 0.1) is 0 Å². The molecule has 2 heteroatoms. The van der Waals surface area contributed by atoms with Gasteiger partial charge in [-0.3, -0.25) is 0 Å². The Bertz CT molecular complexity index is 321. The number of benzene rings is 1. The van der Waals surface area contributed by atoms with Gasteiger partial charge in [0.2, 0.25) is 0 Å². The van der Waals surface area contributed by atoms with Crippen LogP contribution in [0.5, 0.6) is 0 Å². The average Bonchev–Trinajstić information content (AvgIpc) is 2.43. The Morgan fingerprint density at radius 2 is 1.32 bits per heavy atom. The molecule has 1 nitrogen and oxygen atoms in total. The van der Waals surface area contributed by atoms with Crippen LogP contribution >= 0.6 is 7.26 Å². The zero-order valence-corrected chi connectivity index (χ0v) is 13.7. The molecule has 0 radical (unpaired) electrons. The lowest BCUT2D eigenvalue weighted by molar-refractivity contribution is 0.593. The summed E-state index contributed by atoms with van der Waals surface area (Å²) >= 11 is 0. The largest absolute Gasteiger partial charge is 0.330 e. The lowest BCUT2D eigenvalue weighted by Gasteiger charge is -2.17. The maximum absolute atomic E-state index is 5.50. The smallest absolute Gasteiger partial charge is 0.0933 e. The second kappa shape index (κ2) is 9.50. The molecule has 0 heterocycles. The lowest BCUT2D eigenvalue weighted by atomic mass is 10.1. The Balaban J connectivity index is 2.12. The number of rotatable bonds is 10. The van der Waals surface area contributed by atoms with Crippen molar-refractivity contribution in [2.45, 2.75) is 44.9 Å². The van der Waals surface area contributed by atoms with E-state index in [1.165, 1.54) is 51.1 Å². The average molecular weight is 280 g/mol. The SMILES string of the molecule is C[P+](C)(CCCCCCCCCN)c1ccccc1. The summed E-state index contributed by atoms with van der Waals surface area (Å²) in [6, 6.07) is 11.1. The molecule has 0 aromatic heterocycles. The molecule has 0 saturated carbocycles. The summed E-state index contributed by atoms with van der Waals surface area (Å²) in [5.41, 5.74) is 5.50. The van der Waals surface area contributed by atoms with Gasteiger partial charge in [-0.05, 0) is 37.9 Å². The van der Waals surface area contributed by atoms with Gasteiger partial charge in [-0.15, -0.1) is 0 Å². The van der Waals surface area contributed by atoms with E-state index in [-0.39, 0.29) is 0 Å². The number of hydrogen-bond acceptors (Lipinski definition) is 1. The minimum absolute atomic E-state index is 0.857. The Kier molecular flexibility index (Phi) is 8.34. The summed E-state index contributed by atoms with van der Waals surface area (Å²) in [5, 5.41) is 1.58. The number of nitrogens with two attached hydrogens (primary N) is 1. The molecule has 0 aliphatic carbocycles. The summed E-state index contributed by atoms with van der Waals surface area (Å²) in [5.74, 6) is 0. The van der Waals surface area contributed by atoms with E-state index in [9.17, 15) is 0 Å². The number of unbranched alkanes of at least 4 members (excludes halogenated alkanes) is 6. The summed E-state index contributed by atoms with van der Waals surface area (Å²) in [7, 11) is -0.878. The highest BCUT2D eigenvalue weighted by Gasteiger charge is 2.26. The zero-order valence-electron chi connectivity index (χ0n) is 12.8. The highest BCUT2D eigenvalue weighted by atomic mass is 31.2. The summed E-state index contributed by atoms with van der Waals surface area (Å²) in [4.78, 5) is 0. The molecular formula is C17H31NP+. The van der Waals surface area contributed by atoms with Gasteiger partial charge in [0.25, 0.3) is 0 Å². The maximum atomic E-state index is 5.50. The van der Waals surface area contributed by atoms with Gasteiger partial charge < -0.3 is 5.73 Å². The first kappa shape index (κ1) is 16.7. The first-order valence-corrected chi connectivity index (χ1v) is 10.6. The lowest BCUT2D eigenvalue weighted by Crippen LogP contribution is -2.11. The quantitative estimate of drug-likeness (QED) is 0.502. The molecule has 108 valence electrons. The molecule has 0 saturated heterocycles. The first-order chi connectivity index (χ1) is 9.17. The molecule has 0 aliphatic heterocycles. The predicted molar refractivity (Wildman–Crippen MR) is 91.1 cm³/mol. The zero-order chi connectivity index (χ0) is 14.0. The standard InChI is InChI=1S/C17H31NP/c1-19(2,17-13-9-8-10-14-17)16-12-7-5-3-4-6-11-15-18/h8-10,13-14H,3-7,11-12,15-16,18H2,1-2H3/q+1. The fourth-order valence-electron chi connectivity index (χ4n) is 2.50. The van der Waals surface area contributed by atoms with Crippen LogP contribution in [0.15, 0.2) is 30.3 Å². The van der Waals surface area contributed by atoms with Crippen molar-refractivity contribution in [3.05, 3.63) is 30.3 Å². The van der Waals surface area contributed by atoms with Crippen LogP contribution in [0.2, 0.25) is 0 Å². The molecule has 0 atom stereocenters. The predicted octanol–water partition coefficient (Wildman–Crippen LogP) is 4.28. The van der Waals surface area contributed by atoms with E-state index in [0.717, 1.165) is 6.54 Å². The van der Waals surface area contributed by atoms with Crippen molar-refractivity contribution in [3.8, 4) is 0 Å². The van der Waals surface area contributed by atoms with E-state index in [2.05, 4.69) is 43.7 Å². The van der Waals surface area contributed by atoms with Crippen LogP contribution in [-0.4, -0.2) is 26.0 Å². The molecule has 1 rings (SSSR count). The van der Waals surface area contributed by atoms with Crippen LogP contribution in [0.3, 0.4) is 0 Å². The van der Waals surface area contributed by atoms with Gasteiger partial charge in [0.1, 0.15) is 0 Å². The molecule has 0 unspecified atom stereocenters. The van der Waals surface area contributed by atoms with Crippen molar-refractivity contribution in [3.63, 3.8) is 0 Å². The highest BCUT2D eigenvalue weighted by Crippen LogP contribution is 2.50. The Labute approximate surface area is 120 Å². The third-order valence-corrected chi connectivity index (χ3v) is 7.01. The van der Waals surface area contributed by atoms with Gasteiger partial charge in [0.15, 0.2) is 0 Å². The molecule has 1 aromatic rings. The molecule has 0 aliphatic rings. The van der Waals surface area contributed by atoms with Gasteiger partial charge in [-0.2, -0.15) is 0 Å². The van der Waals surface area contributed by atoms with E-state index >= 15 is 0 Å². The third-order valence-electron chi connectivity index (χ3n) is 3.88. The highest BCUT2D eigenvalue weighted by molar-refractivity contribution is 7.81. The maximum Gasteiger partial charge on any atom is 0.0933 e. The van der Waals surface area contributed by atoms with E-state index in [4.69, 9.17) is 5.73 Å². The molecule has 0 amide bonds. The summed E-state index contributed by atoms with van der Waals surface area (Å²) < 4.78 is 0. The van der Waals surface area contributed by atoms with Crippen LogP contribution in [0.25, 0.3) is 0 Å². The van der Waals surface area contributed by atoms with E-state index in [0.29, 0.717) is 0 Å². The van der Waals surface area contributed by atoms with Crippen molar-refractivity contribution >= 4 is 12.6 Å². The van der Waals surface area contributed by atoms with Crippen molar-refractivity contribution in [2.75, 3.05) is 26.0 Å². The van der Waals surface area contributed by atoms with Gasteiger partial charge in [-0.1, -0.05) is 43.9 Å². The molecule has 0 spiro atoms. The van der Waals surface area contributed by atoms with Gasteiger partial charge >= 0.3 is 0 Å². The van der Waals surface area contributed by atoms with Crippen LogP contribution in [0.4, 0.5) is 0 Å². The Hall–Kier alpha value is -0.390. The topological polar surface area (TPSA) is 26.0 Å². The van der Waals surface area contributed by atoms with Gasteiger partial charge in [0.05, 0.1) is 24.8 Å². The van der Waals surface area contributed by atoms with Crippen molar-refractivity contribution in [1.82, 2.24) is 0 Å². The van der Waals surface area contributed by atoms with Crippen LogP contribution in [0.1, 0.15) is 44.9 Å². The van der Waals surface area contributed by atoms with Crippen molar-refractivity contribution in [2.24, 2.45) is 5.73 Å². The minimum atomic E-state index is -0.878. The molecule has 0 fully saturated rings. The first-order valence-electron chi connectivity index (χ1n) is 7.75. The monoisotopic (exact) mass is 280 g/mol. The van der Waals surface area contributed by atoms with Gasteiger partial charge in [0, 0.05) is 7.26 Å². The van der Waals surface area contributed by atoms with Crippen molar-refractivity contribution < 1.29 is 0 Å². The third kappa shape index (κ3) is 7.09. The fourth-order valence-corrected chi connectivity index (χ4v) is 4.75. The molecular weight excluding hydrogens is 249 g/mol. The summed E-state index contributed by atoms with van der Waals surface area (Å²) in [6.07, 6.45) is 10.9. The van der Waals surface area contributed by atoms with Crippen LogP contribution < -0.4 is 11.0 Å². The fraction of sp³-hybridized carbons (Fsp3) is 0.647. The van der Waals surface area contributed by atoms with E-state index in [1.54, 1.807) is 5.30 Å².